The van der Waals surface area contributed by atoms with Crippen LogP contribution in [0.3, 0.4) is 0 Å². The molecule has 1 aromatic carbocycles. The molecule has 0 N–H and O–H groups in total. The van der Waals surface area contributed by atoms with Crippen molar-refractivity contribution in [2.24, 2.45) is 0 Å². The summed E-state index contributed by atoms with van der Waals surface area (Å²) in [6, 6.07) is 8.03. The van der Waals surface area contributed by atoms with Gasteiger partial charge in [0.2, 0.25) is 0 Å². The van der Waals surface area contributed by atoms with E-state index >= 15 is 0 Å². The SMILES string of the molecule is c1ccc2c(c1)c1nnc(-n3ccnn3)n1c1cncn21. The number of para-hydroxylation sites is 1. The molecule has 0 radical (unpaired) electrons. The standard InChI is InChI=1S/C13H8N8/c1-2-4-10-9(3-1)12-16-17-13(20-6-5-15-18-20)21(12)11-7-14-8-19(10)11/h1-8H. The normalized spacial score (nSPS) is 11.8. The van der Waals surface area contributed by atoms with Crippen LogP contribution < -0.4 is 0 Å². The zero-order valence-electron chi connectivity index (χ0n) is 10.7. The lowest BCUT2D eigenvalue weighted by molar-refractivity contribution is 0.748. The van der Waals surface area contributed by atoms with E-state index in [9.17, 15) is 0 Å². The van der Waals surface area contributed by atoms with Gasteiger partial charge in [0.15, 0.2) is 5.65 Å². The van der Waals surface area contributed by atoms with Crippen molar-refractivity contribution in [2.45, 2.75) is 0 Å². The minimum atomic E-state index is 0.582. The number of nitrogens with zero attached hydrogens (tertiary/aromatic N) is 8. The van der Waals surface area contributed by atoms with E-state index in [2.05, 4.69) is 25.5 Å². The summed E-state index contributed by atoms with van der Waals surface area (Å²) in [5, 5.41) is 17.4. The van der Waals surface area contributed by atoms with Crippen LogP contribution in [0, 0.1) is 0 Å². The van der Waals surface area contributed by atoms with Gasteiger partial charge < -0.3 is 0 Å². The Hall–Kier alpha value is -3.29. The monoisotopic (exact) mass is 276 g/mol. The predicted molar refractivity (Wildman–Crippen MR) is 74.2 cm³/mol. The summed E-state index contributed by atoms with van der Waals surface area (Å²) in [4.78, 5) is 4.24. The van der Waals surface area contributed by atoms with Crippen LogP contribution in [0.4, 0.5) is 0 Å². The zero-order valence-corrected chi connectivity index (χ0v) is 10.7. The zero-order chi connectivity index (χ0) is 13.8. The molecule has 0 aliphatic heterocycles. The summed E-state index contributed by atoms with van der Waals surface area (Å²) in [6.07, 6.45) is 6.90. The van der Waals surface area contributed by atoms with Crippen LogP contribution in [-0.4, -0.2) is 39.0 Å². The van der Waals surface area contributed by atoms with Gasteiger partial charge >= 0.3 is 0 Å². The molecule has 0 amide bonds. The molecule has 0 unspecified atom stereocenters. The minimum absolute atomic E-state index is 0.582. The lowest BCUT2D eigenvalue weighted by Crippen LogP contribution is -2.04. The van der Waals surface area contributed by atoms with Gasteiger partial charge in [0.1, 0.15) is 12.0 Å². The van der Waals surface area contributed by atoms with Crippen molar-refractivity contribution in [1.82, 2.24) is 39.0 Å². The van der Waals surface area contributed by atoms with Crippen molar-refractivity contribution in [1.29, 1.82) is 0 Å². The van der Waals surface area contributed by atoms with E-state index in [4.69, 9.17) is 0 Å². The van der Waals surface area contributed by atoms with E-state index in [0.717, 1.165) is 22.2 Å². The second kappa shape index (κ2) is 3.63. The summed E-state index contributed by atoms with van der Waals surface area (Å²) in [7, 11) is 0. The third-order valence-electron chi connectivity index (χ3n) is 3.53. The molecule has 4 aromatic heterocycles. The van der Waals surface area contributed by atoms with E-state index in [-0.39, 0.29) is 0 Å². The van der Waals surface area contributed by atoms with Gasteiger partial charge in [0, 0.05) is 5.39 Å². The first-order chi connectivity index (χ1) is 10.4. The Morgan fingerprint density at radius 2 is 2.00 bits per heavy atom. The van der Waals surface area contributed by atoms with E-state index in [1.165, 1.54) is 0 Å². The number of imidazole rings is 1. The summed E-state index contributed by atoms with van der Waals surface area (Å²) in [5.41, 5.74) is 2.68. The van der Waals surface area contributed by atoms with E-state index in [1.807, 2.05) is 33.1 Å². The van der Waals surface area contributed by atoms with Gasteiger partial charge in [-0.15, -0.1) is 15.3 Å². The minimum Gasteiger partial charge on any atom is -0.284 e. The average molecular weight is 276 g/mol. The molecule has 4 heterocycles. The number of fused-ring (bicyclic) bond motifs is 6. The second-order valence-electron chi connectivity index (χ2n) is 4.65. The molecule has 0 fully saturated rings. The van der Waals surface area contributed by atoms with Crippen LogP contribution in [0.5, 0.6) is 0 Å². The molecule has 0 bridgehead atoms. The third kappa shape index (κ3) is 1.25. The van der Waals surface area contributed by atoms with Crippen LogP contribution in [0.1, 0.15) is 0 Å². The number of rotatable bonds is 1. The Morgan fingerprint density at radius 3 is 2.90 bits per heavy atom. The molecule has 5 rings (SSSR count). The highest BCUT2D eigenvalue weighted by Gasteiger charge is 2.15. The topological polar surface area (TPSA) is 78.2 Å². The highest BCUT2D eigenvalue weighted by Crippen LogP contribution is 2.23. The fraction of sp³-hybridized carbons (Fsp3) is 0. The number of hydrogen-bond acceptors (Lipinski definition) is 5. The van der Waals surface area contributed by atoms with Gasteiger partial charge in [-0.25, -0.2) is 9.38 Å². The molecule has 100 valence electrons. The molecule has 0 aliphatic carbocycles. The predicted octanol–water partition coefficient (Wildman–Crippen LogP) is 1.11. The Morgan fingerprint density at radius 1 is 1.05 bits per heavy atom. The van der Waals surface area contributed by atoms with Gasteiger partial charge in [0.25, 0.3) is 5.95 Å². The maximum atomic E-state index is 4.32. The average Bonchev–Trinajstić information content (AvgIpc) is 3.25. The number of benzene rings is 1. The van der Waals surface area contributed by atoms with Crippen LogP contribution in [-0.2, 0) is 0 Å². The molecule has 8 heteroatoms. The second-order valence-corrected chi connectivity index (χ2v) is 4.65. The molecule has 0 spiro atoms. The van der Waals surface area contributed by atoms with E-state index < -0.39 is 0 Å². The molecule has 0 aliphatic rings. The van der Waals surface area contributed by atoms with E-state index in [0.29, 0.717) is 5.95 Å². The summed E-state index contributed by atoms with van der Waals surface area (Å²) in [6.45, 7) is 0. The smallest absolute Gasteiger partial charge is 0.259 e. The first-order valence-electron chi connectivity index (χ1n) is 6.38. The summed E-state index contributed by atoms with van der Waals surface area (Å²) < 4.78 is 5.51. The van der Waals surface area contributed by atoms with Crippen molar-refractivity contribution in [2.75, 3.05) is 0 Å². The molecule has 8 nitrogen and oxygen atoms in total. The van der Waals surface area contributed by atoms with Crippen molar-refractivity contribution >= 4 is 22.2 Å². The largest absolute Gasteiger partial charge is 0.284 e. The maximum absolute atomic E-state index is 4.32. The van der Waals surface area contributed by atoms with Crippen molar-refractivity contribution < 1.29 is 0 Å². The number of hydrogen-bond donors (Lipinski definition) is 0. The van der Waals surface area contributed by atoms with Gasteiger partial charge in [-0.1, -0.05) is 17.3 Å². The quantitative estimate of drug-likeness (QED) is 0.458. The van der Waals surface area contributed by atoms with Crippen LogP contribution in [0.15, 0.2) is 49.2 Å². The summed E-state index contributed by atoms with van der Waals surface area (Å²) >= 11 is 0. The Balaban J connectivity index is 2.09. The summed E-state index contributed by atoms with van der Waals surface area (Å²) in [5.74, 6) is 0.582. The lowest BCUT2D eigenvalue weighted by Gasteiger charge is -2.06. The Kier molecular flexibility index (Phi) is 1.81. The number of aromatic nitrogens is 8. The van der Waals surface area contributed by atoms with Crippen molar-refractivity contribution in [3.8, 4) is 5.95 Å². The first kappa shape index (κ1) is 10.5. The third-order valence-corrected chi connectivity index (χ3v) is 3.53. The Bertz CT molecular complexity index is 1090. The molecular formula is C13H8N8. The highest BCUT2D eigenvalue weighted by atomic mass is 15.5. The van der Waals surface area contributed by atoms with Gasteiger partial charge in [-0.3, -0.25) is 4.40 Å². The highest BCUT2D eigenvalue weighted by molar-refractivity contribution is 5.94. The van der Waals surface area contributed by atoms with Crippen LogP contribution in [0.25, 0.3) is 28.1 Å². The molecule has 0 atom stereocenters. The van der Waals surface area contributed by atoms with E-state index in [1.54, 1.807) is 29.6 Å². The molecule has 21 heavy (non-hydrogen) atoms. The Labute approximate surface area is 117 Å². The lowest BCUT2D eigenvalue weighted by atomic mass is 10.2. The van der Waals surface area contributed by atoms with Gasteiger partial charge in [-0.2, -0.15) is 4.68 Å². The van der Waals surface area contributed by atoms with Crippen molar-refractivity contribution in [3.05, 3.63) is 49.2 Å². The first-order valence-corrected chi connectivity index (χ1v) is 6.38. The van der Waals surface area contributed by atoms with Gasteiger partial charge in [-0.05, 0) is 12.1 Å². The van der Waals surface area contributed by atoms with Gasteiger partial charge in [0.05, 0.1) is 24.1 Å². The van der Waals surface area contributed by atoms with Crippen LogP contribution in [0.2, 0.25) is 0 Å². The molecule has 0 saturated carbocycles. The fourth-order valence-corrected chi connectivity index (χ4v) is 2.64. The molecule has 0 saturated heterocycles. The maximum Gasteiger partial charge on any atom is 0.259 e. The molecule has 5 aromatic rings. The van der Waals surface area contributed by atoms with Crippen molar-refractivity contribution in [3.63, 3.8) is 0 Å². The van der Waals surface area contributed by atoms with Crippen LogP contribution >= 0.6 is 0 Å². The fourth-order valence-electron chi connectivity index (χ4n) is 2.64. The molecular weight excluding hydrogens is 268 g/mol.